The number of benzene rings is 2. The van der Waals surface area contributed by atoms with Gasteiger partial charge in [0.1, 0.15) is 4.83 Å². The third kappa shape index (κ3) is 3.57. The summed E-state index contributed by atoms with van der Waals surface area (Å²) in [7, 11) is 1.74. The van der Waals surface area contributed by atoms with Crippen molar-refractivity contribution in [3.8, 4) is 5.69 Å². The number of nitrogens with zero attached hydrogens (tertiary/aromatic N) is 3. The molecule has 6 heteroatoms. The Balaban J connectivity index is 1.63. The molecule has 1 N–H and O–H groups in total. The number of hydrogen-bond donors (Lipinski definition) is 1. The van der Waals surface area contributed by atoms with E-state index in [0.717, 1.165) is 27.2 Å². The van der Waals surface area contributed by atoms with Crippen molar-refractivity contribution in [2.24, 2.45) is 0 Å². The Bertz CT molecular complexity index is 1140. The van der Waals surface area contributed by atoms with E-state index in [9.17, 15) is 9.90 Å². The second-order valence-electron chi connectivity index (χ2n) is 7.17. The van der Waals surface area contributed by atoms with E-state index < -0.39 is 6.10 Å². The lowest BCUT2D eigenvalue weighted by molar-refractivity contribution is 0.0491. The number of aromatic nitrogens is 2. The van der Waals surface area contributed by atoms with E-state index in [1.165, 1.54) is 11.3 Å². The van der Waals surface area contributed by atoms with Crippen LogP contribution in [-0.2, 0) is 0 Å². The fraction of sp³-hybridized carbons (Fsp3) is 0.217. The SMILES string of the molecule is Cc1nn(-c2ccccc2)c2sc(C(=O)N(C)C(C)C(O)c3ccccc3)cc12. The zero-order valence-electron chi connectivity index (χ0n) is 16.6. The number of hydrogen-bond acceptors (Lipinski definition) is 4. The Kier molecular flexibility index (Phi) is 5.22. The highest BCUT2D eigenvalue weighted by Crippen LogP contribution is 2.32. The lowest BCUT2D eigenvalue weighted by atomic mass is 10.0. The Morgan fingerprint density at radius 3 is 2.38 bits per heavy atom. The Hall–Kier alpha value is -2.96. The minimum atomic E-state index is -0.749. The van der Waals surface area contributed by atoms with Crippen LogP contribution in [0.15, 0.2) is 66.7 Å². The van der Waals surface area contributed by atoms with Crippen molar-refractivity contribution >= 4 is 27.5 Å². The van der Waals surface area contributed by atoms with E-state index in [1.807, 2.05) is 85.3 Å². The van der Waals surface area contributed by atoms with Crippen molar-refractivity contribution in [3.05, 3.63) is 82.9 Å². The normalized spacial score (nSPS) is 13.4. The van der Waals surface area contributed by atoms with Crippen LogP contribution in [0.4, 0.5) is 0 Å². The molecular weight excluding hydrogens is 382 g/mol. The highest BCUT2D eigenvalue weighted by Gasteiger charge is 2.27. The van der Waals surface area contributed by atoms with Crippen molar-refractivity contribution in [1.29, 1.82) is 0 Å². The van der Waals surface area contributed by atoms with Crippen LogP contribution in [0.3, 0.4) is 0 Å². The topological polar surface area (TPSA) is 58.4 Å². The van der Waals surface area contributed by atoms with Crippen LogP contribution in [0.1, 0.15) is 34.0 Å². The average molecular weight is 406 g/mol. The average Bonchev–Trinajstić information content (AvgIpc) is 3.33. The molecule has 0 fully saturated rings. The number of thiophene rings is 1. The zero-order valence-corrected chi connectivity index (χ0v) is 17.4. The molecule has 2 aromatic heterocycles. The quantitative estimate of drug-likeness (QED) is 0.528. The number of aryl methyl sites for hydroxylation is 1. The number of para-hydroxylation sites is 1. The molecule has 0 saturated heterocycles. The smallest absolute Gasteiger partial charge is 0.264 e. The molecular formula is C23H23N3O2S. The Morgan fingerprint density at radius 1 is 1.10 bits per heavy atom. The lowest BCUT2D eigenvalue weighted by Gasteiger charge is -2.29. The van der Waals surface area contributed by atoms with E-state index in [4.69, 9.17) is 0 Å². The number of likely N-dealkylation sites (N-methyl/N-ethyl adjacent to an activating group) is 1. The predicted molar refractivity (Wildman–Crippen MR) is 117 cm³/mol. The molecule has 0 bridgehead atoms. The highest BCUT2D eigenvalue weighted by atomic mass is 32.1. The van der Waals surface area contributed by atoms with Crippen LogP contribution < -0.4 is 0 Å². The van der Waals surface area contributed by atoms with Gasteiger partial charge in [-0.3, -0.25) is 4.79 Å². The summed E-state index contributed by atoms with van der Waals surface area (Å²) in [5.41, 5.74) is 2.65. The molecule has 2 unspecified atom stereocenters. The standard InChI is InChI=1S/C23H23N3O2S/c1-15-19-14-20(29-23(19)26(24-15)18-12-8-5-9-13-18)22(28)25(3)16(2)21(27)17-10-6-4-7-11-17/h4-14,16,21,27H,1-3H3. The third-order valence-corrected chi connectivity index (χ3v) is 6.38. The van der Waals surface area contributed by atoms with Crippen LogP contribution in [0.25, 0.3) is 15.9 Å². The monoisotopic (exact) mass is 405 g/mol. The Labute approximate surface area is 173 Å². The molecule has 5 nitrogen and oxygen atoms in total. The summed E-state index contributed by atoms with van der Waals surface area (Å²) in [4.78, 5) is 16.3. The van der Waals surface area contributed by atoms with E-state index in [-0.39, 0.29) is 11.9 Å². The fourth-order valence-electron chi connectivity index (χ4n) is 3.40. The minimum Gasteiger partial charge on any atom is -0.386 e. The van der Waals surface area contributed by atoms with E-state index in [0.29, 0.717) is 4.88 Å². The van der Waals surface area contributed by atoms with Gasteiger partial charge in [0.25, 0.3) is 5.91 Å². The van der Waals surface area contributed by atoms with Gasteiger partial charge in [0.05, 0.1) is 28.4 Å². The molecule has 4 aromatic rings. The number of carbonyl (C=O) groups excluding carboxylic acids is 1. The van der Waals surface area contributed by atoms with Crippen molar-refractivity contribution in [1.82, 2.24) is 14.7 Å². The molecule has 2 heterocycles. The predicted octanol–water partition coefficient (Wildman–Crippen LogP) is 4.59. The Morgan fingerprint density at radius 2 is 1.72 bits per heavy atom. The largest absolute Gasteiger partial charge is 0.386 e. The molecule has 0 saturated carbocycles. The van der Waals surface area contributed by atoms with E-state index in [2.05, 4.69) is 5.10 Å². The second kappa shape index (κ2) is 7.81. The molecule has 0 radical (unpaired) electrons. The molecule has 2 aromatic carbocycles. The molecule has 4 rings (SSSR count). The first-order chi connectivity index (χ1) is 14.0. The number of fused-ring (bicyclic) bond motifs is 1. The van der Waals surface area contributed by atoms with Gasteiger partial charge in [-0.25, -0.2) is 4.68 Å². The van der Waals surface area contributed by atoms with E-state index >= 15 is 0 Å². The summed E-state index contributed by atoms with van der Waals surface area (Å²) >= 11 is 1.43. The van der Waals surface area contributed by atoms with Crippen LogP contribution in [0.5, 0.6) is 0 Å². The minimum absolute atomic E-state index is 0.104. The van der Waals surface area contributed by atoms with Gasteiger partial charge in [-0.1, -0.05) is 48.5 Å². The number of rotatable bonds is 5. The zero-order chi connectivity index (χ0) is 20.5. The molecule has 0 aliphatic heterocycles. The van der Waals surface area contributed by atoms with Gasteiger partial charge in [-0.05, 0) is 37.6 Å². The van der Waals surface area contributed by atoms with Crippen molar-refractivity contribution < 1.29 is 9.90 Å². The van der Waals surface area contributed by atoms with Gasteiger partial charge < -0.3 is 10.0 Å². The van der Waals surface area contributed by atoms with Crippen LogP contribution >= 0.6 is 11.3 Å². The summed E-state index contributed by atoms with van der Waals surface area (Å²) in [5.74, 6) is -0.104. The summed E-state index contributed by atoms with van der Waals surface area (Å²) < 4.78 is 1.88. The van der Waals surface area contributed by atoms with Gasteiger partial charge in [0.2, 0.25) is 0 Å². The summed E-state index contributed by atoms with van der Waals surface area (Å²) in [5, 5.41) is 16.3. The molecule has 148 valence electrons. The first kappa shape index (κ1) is 19.4. The molecule has 0 aliphatic carbocycles. The number of aliphatic hydroxyl groups is 1. The third-order valence-electron chi connectivity index (χ3n) is 5.29. The molecule has 1 amide bonds. The fourth-order valence-corrected chi connectivity index (χ4v) is 4.56. The summed E-state index contributed by atoms with van der Waals surface area (Å²) in [6, 6.07) is 20.9. The van der Waals surface area contributed by atoms with Crippen molar-refractivity contribution in [3.63, 3.8) is 0 Å². The molecule has 0 spiro atoms. The first-order valence-electron chi connectivity index (χ1n) is 9.52. The van der Waals surface area contributed by atoms with Gasteiger partial charge in [0, 0.05) is 12.4 Å². The molecule has 0 aliphatic rings. The summed E-state index contributed by atoms with van der Waals surface area (Å²) in [6.07, 6.45) is -0.749. The van der Waals surface area contributed by atoms with Crippen LogP contribution in [0, 0.1) is 6.92 Å². The maximum absolute atomic E-state index is 13.1. The molecule has 2 atom stereocenters. The van der Waals surface area contributed by atoms with Gasteiger partial charge in [-0.15, -0.1) is 11.3 Å². The van der Waals surface area contributed by atoms with Gasteiger partial charge in [-0.2, -0.15) is 5.10 Å². The lowest BCUT2D eigenvalue weighted by Crippen LogP contribution is -2.38. The number of aliphatic hydroxyl groups excluding tert-OH is 1. The summed E-state index contributed by atoms with van der Waals surface area (Å²) in [6.45, 7) is 3.81. The highest BCUT2D eigenvalue weighted by molar-refractivity contribution is 7.20. The number of carbonyl (C=O) groups is 1. The second-order valence-corrected chi connectivity index (χ2v) is 8.21. The maximum Gasteiger partial charge on any atom is 0.264 e. The number of amides is 1. The maximum atomic E-state index is 13.1. The van der Waals surface area contributed by atoms with Crippen molar-refractivity contribution in [2.75, 3.05) is 7.05 Å². The van der Waals surface area contributed by atoms with Gasteiger partial charge >= 0.3 is 0 Å². The van der Waals surface area contributed by atoms with Gasteiger partial charge in [0.15, 0.2) is 0 Å². The van der Waals surface area contributed by atoms with Crippen LogP contribution in [-0.4, -0.2) is 38.8 Å². The van der Waals surface area contributed by atoms with Crippen LogP contribution in [0.2, 0.25) is 0 Å². The molecule has 29 heavy (non-hydrogen) atoms. The van der Waals surface area contributed by atoms with Crippen molar-refractivity contribution in [2.45, 2.75) is 26.0 Å². The first-order valence-corrected chi connectivity index (χ1v) is 10.3. The van der Waals surface area contributed by atoms with E-state index in [1.54, 1.807) is 11.9 Å².